The molecule has 2 heterocycles. The van der Waals surface area contributed by atoms with Crippen molar-refractivity contribution >= 4 is 11.9 Å². The van der Waals surface area contributed by atoms with Crippen molar-refractivity contribution in [3.05, 3.63) is 0 Å². The van der Waals surface area contributed by atoms with Gasteiger partial charge in [0.15, 0.2) is 0 Å². The molecule has 1 aliphatic carbocycles. The number of piperidine rings is 1. The van der Waals surface area contributed by atoms with Gasteiger partial charge in [0.25, 0.3) is 0 Å². The normalized spacial score (nSPS) is 29.4. The van der Waals surface area contributed by atoms with Gasteiger partial charge in [-0.1, -0.05) is 6.92 Å². The molecule has 0 spiro atoms. The number of hydrogen-bond donors (Lipinski definition) is 1. The summed E-state index contributed by atoms with van der Waals surface area (Å²) in [4.78, 5) is 28.8. The zero-order valence-electron chi connectivity index (χ0n) is 14.8. The smallest absolute Gasteiger partial charge is 0.317 e. The molecule has 3 aliphatic rings. The van der Waals surface area contributed by atoms with Gasteiger partial charge in [-0.25, -0.2) is 4.79 Å². The second-order valence-electron chi connectivity index (χ2n) is 7.61. The van der Waals surface area contributed by atoms with E-state index in [9.17, 15) is 9.59 Å². The van der Waals surface area contributed by atoms with Crippen molar-refractivity contribution in [1.29, 1.82) is 0 Å². The van der Waals surface area contributed by atoms with Crippen molar-refractivity contribution in [2.75, 3.05) is 39.4 Å². The summed E-state index contributed by atoms with van der Waals surface area (Å²) in [6.07, 6.45) is 6.18. The highest BCUT2D eigenvalue weighted by molar-refractivity contribution is 5.80. The average molecular weight is 337 g/mol. The number of nitrogens with one attached hydrogen (secondary N) is 1. The van der Waals surface area contributed by atoms with E-state index in [2.05, 4.69) is 12.2 Å². The number of amides is 3. The van der Waals surface area contributed by atoms with Gasteiger partial charge in [0.1, 0.15) is 0 Å². The molecular weight excluding hydrogens is 306 g/mol. The summed E-state index contributed by atoms with van der Waals surface area (Å²) in [7, 11) is 0. The number of likely N-dealkylation sites (tertiary alicyclic amines) is 1. The minimum Gasteiger partial charge on any atom is -0.378 e. The number of morpholine rings is 1. The molecule has 0 aromatic carbocycles. The largest absolute Gasteiger partial charge is 0.378 e. The van der Waals surface area contributed by atoms with Gasteiger partial charge in [-0.15, -0.1) is 0 Å². The number of rotatable bonds is 2. The SMILES string of the molecule is CC1CCC(NC(=O)N2CCC(C(=O)N3CCOCC3)CC2)CC1. The highest BCUT2D eigenvalue weighted by Gasteiger charge is 2.31. The Morgan fingerprint density at radius 1 is 0.875 bits per heavy atom. The number of hydrogen-bond acceptors (Lipinski definition) is 3. The maximum atomic E-state index is 12.5. The van der Waals surface area contributed by atoms with E-state index in [1.165, 1.54) is 12.8 Å². The highest BCUT2D eigenvalue weighted by atomic mass is 16.5. The molecule has 136 valence electrons. The van der Waals surface area contributed by atoms with E-state index in [4.69, 9.17) is 4.74 Å². The monoisotopic (exact) mass is 337 g/mol. The molecule has 0 aromatic rings. The van der Waals surface area contributed by atoms with Gasteiger partial charge in [-0.05, 0) is 44.4 Å². The van der Waals surface area contributed by atoms with Crippen LogP contribution in [0.15, 0.2) is 0 Å². The van der Waals surface area contributed by atoms with E-state index >= 15 is 0 Å². The van der Waals surface area contributed by atoms with Crippen molar-refractivity contribution in [2.24, 2.45) is 11.8 Å². The lowest BCUT2D eigenvalue weighted by atomic mass is 9.87. The van der Waals surface area contributed by atoms with Crippen LogP contribution in [0.2, 0.25) is 0 Å². The van der Waals surface area contributed by atoms with Crippen LogP contribution in [0.3, 0.4) is 0 Å². The number of nitrogens with zero attached hydrogens (tertiary/aromatic N) is 2. The Kier molecular flexibility index (Phi) is 5.98. The number of ether oxygens (including phenoxy) is 1. The first-order valence-electron chi connectivity index (χ1n) is 9.55. The molecule has 0 aromatic heterocycles. The van der Waals surface area contributed by atoms with Gasteiger partial charge < -0.3 is 19.9 Å². The minimum absolute atomic E-state index is 0.0619. The zero-order valence-corrected chi connectivity index (χ0v) is 14.8. The van der Waals surface area contributed by atoms with E-state index in [1.54, 1.807) is 0 Å². The van der Waals surface area contributed by atoms with E-state index in [1.807, 2.05) is 9.80 Å². The van der Waals surface area contributed by atoms with Crippen molar-refractivity contribution < 1.29 is 14.3 Å². The molecule has 0 atom stereocenters. The van der Waals surface area contributed by atoms with Crippen LogP contribution in [0.1, 0.15) is 45.4 Å². The first kappa shape index (κ1) is 17.5. The predicted molar refractivity (Wildman–Crippen MR) is 91.6 cm³/mol. The molecule has 3 rings (SSSR count). The van der Waals surface area contributed by atoms with Crippen molar-refractivity contribution in [2.45, 2.75) is 51.5 Å². The Morgan fingerprint density at radius 3 is 2.12 bits per heavy atom. The molecule has 2 aliphatic heterocycles. The summed E-state index contributed by atoms with van der Waals surface area (Å²) < 4.78 is 5.31. The zero-order chi connectivity index (χ0) is 16.9. The molecule has 3 amide bonds. The Bertz CT molecular complexity index is 435. The maximum absolute atomic E-state index is 12.5. The van der Waals surface area contributed by atoms with Crippen molar-refractivity contribution in [3.8, 4) is 0 Å². The first-order valence-corrected chi connectivity index (χ1v) is 9.55. The minimum atomic E-state index is 0.0619. The maximum Gasteiger partial charge on any atom is 0.317 e. The lowest BCUT2D eigenvalue weighted by molar-refractivity contribution is -0.141. The van der Waals surface area contributed by atoms with Crippen molar-refractivity contribution in [3.63, 3.8) is 0 Å². The van der Waals surface area contributed by atoms with Crippen LogP contribution in [-0.4, -0.2) is 67.2 Å². The lowest BCUT2D eigenvalue weighted by Gasteiger charge is -2.36. The standard InChI is InChI=1S/C18H31N3O3/c1-14-2-4-16(5-3-14)19-18(23)21-8-6-15(7-9-21)17(22)20-10-12-24-13-11-20/h14-16H,2-13H2,1H3,(H,19,23). The molecule has 24 heavy (non-hydrogen) atoms. The molecule has 3 fully saturated rings. The van der Waals surface area contributed by atoms with Gasteiger partial charge >= 0.3 is 6.03 Å². The molecule has 1 saturated carbocycles. The van der Waals surface area contributed by atoms with E-state index in [0.29, 0.717) is 45.4 Å². The number of urea groups is 1. The van der Waals surface area contributed by atoms with Crippen LogP contribution >= 0.6 is 0 Å². The Hall–Kier alpha value is -1.30. The fraction of sp³-hybridized carbons (Fsp3) is 0.889. The summed E-state index contributed by atoms with van der Waals surface area (Å²) in [6.45, 7) is 6.37. The van der Waals surface area contributed by atoms with Crippen LogP contribution < -0.4 is 5.32 Å². The topological polar surface area (TPSA) is 61.9 Å². The molecule has 2 saturated heterocycles. The van der Waals surface area contributed by atoms with Gasteiger partial charge in [0.05, 0.1) is 13.2 Å². The van der Waals surface area contributed by atoms with Gasteiger partial charge in [-0.2, -0.15) is 0 Å². The third-order valence-electron chi connectivity index (χ3n) is 5.80. The van der Waals surface area contributed by atoms with Gasteiger partial charge in [-0.3, -0.25) is 4.79 Å². The third kappa shape index (κ3) is 4.41. The second-order valence-corrected chi connectivity index (χ2v) is 7.61. The van der Waals surface area contributed by atoms with Gasteiger partial charge in [0.2, 0.25) is 5.91 Å². The van der Waals surface area contributed by atoms with Crippen LogP contribution in [0.4, 0.5) is 4.79 Å². The quantitative estimate of drug-likeness (QED) is 0.836. The number of carbonyl (C=O) groups is 2. The molecular formula is C18H31N3O3. The Morgan fingerprint density at radius 2 is 1.50 bits per heavy atom. The summed E-state index contributed by atoms with van der Waals surface area (Å²) in [5, 5.41) is 3.19. The second kappa shape index (κ2) is 8.19. The van der Waals surface area contributed by atoms with E-state index in [-0.39, 0.29) is 17.9 Å². The average Bonchev–Trinajstić information content (AvgIpc) is 2.64. The summed E-state index contributed by atoms with van der Waals surface area (Å²) in [6, 6.07) is 0.397. The molecule has 0 radical (unpaired) electrons. The lowest BCUT2D eigenvalue weighted by Crippen LogP contribution is -2.51. The highest BCUT2D eigenvalue weighted by Crippen LogP contribution is 2.24. The molecule has 6 heteroatoms. The Labute approximate surface area is 144 Å². The summed E-state index contributed by atoms with van der Waals surface area (Å²) >= 11 is 0. The van der Waals surface area contributed by atoms with Crippen LogP contribution in [0, 0.1) is 11.8 Å². The fourth-order valence-electron chi connectivity index (χ4n) is 4.04. The van der Waals surface area contributed by atoms with Crippen LogP contribution in [0.5, 0.6) is 0 Å². The van der Waals surface area contributed by atoms with Gasteiger partial charge in [0, 0.05) is 38.1 Å². The molecule has 6 nitrogen and oxygen atoms in total. The van der Waals surface area contributed by atoms with Crippen LogP contribution in [0.25, 0.3) is 0 Å². The fourth-order valence-corrected chi connectivity index (χ4v) is 4.04. The molecule has 0 bridgehead atoms. The molecule has 1 N–H and O–H groups in total. The summed E-state index contributed by atoms with van der Waals surface area (Å²) in [5.74, 6) is 1.11. The first-order chi connectivity index (χ1) is 11.6. The van der Waals surface area contributed by atoms with E-state index < -0.39 is 0 Å². The third-order valence-corrected chi connectivity index (χ3v) is 5.80. The van der Waals surface area contributed by atoms with E-state index in [0.717, 1.165) is 31.6 Å². The summed E-state index contributed by atoms with van der Waals surface area (Å²) in [5.41, 5.74) is 0. The van der Waals surface area contributed by atoms with Crippen LogP contribution in [-0.2, 0) is 9.53 Å². The molecule has 0 unspecified atom stereocenters. The van der Waals surface area contributed by atoms with Crippen molar-refractivity contribution in [1.82, 2.24) is 15.1 Å². The predicted octanol–water partition coefficient (Wildman–Crippen LogP) is 1.85. The Balaban J connectivity index is 1.41. The number of carbonyl (C=O) groups excluding carboxylic acids is 2.